The second kappa shape index (κ2) is 4.53. The van der Waals surface area contributed by atoms with E-state index in [0.29, 0.717) is 20.5 Å². The lowest BCUT2D eigenvalue weighted by molar-refractivity contribution is 0.104. The number of carbonyl (C=O) groups is 1. The first-order chi connectivity index (χ1) is 7.59. The summed E-state index contributed by atoms with van der Waals surface area (Å²) in [6.45, 7) is 1.85. The number of carbonyl (C=O) groups excluding carboxylic acids is 1. The molecule has 1 heterocycles. The summed E-state index contributed by atoms with van der Waals surface area (Å²) in [4.78, 5) is 16.7. The van der Waals surface area contributed by atoms with Crippen LogP contribution in [0.4, 0.5) is 0 Å². The molecule has 1 aromatic carbocycles. The Kier molecular flexibility index (Phi) is 3.28. The summed E-state index contributed by atoms with van der Waals surface area (Å²) in [5.74, 6) is -0.141. The predicted octanol–water partition coefficient (Wildman–Crippen LogP) is 3.99. The number of hydrogen-bond acceptors (Lipinski definition) is 3. The minimum absolute atomic E-state index is 0.141. The maximum absolute atomic E-state index is 12.1. The first-order valence-corrected chi connectivity index (χ1v) is 6.08. The molecule has 2 rings (SSSR count). The lowest BCUT2D eigenvalue weighted by Gasteiger charge is -2.02. The van der Waals surface area contributed by atoms with Crippen LogP contribution in [0.2, 0.25) is 10.0 Å². The Hall–Kier alpha value is -0.900. The van der Waals surface area contributed by atoms with Gasteiger partial charge in [0, 0.05) is 11.8 Å². The van der Waals surface area contributed by atoms with E-state index in [1.165, 1.54) is 11.3 Å². The van der Waals surface area contributed by atoms with Gasteiger partial charge in [-0.05, 0) is 19.1 Å². The summed E-state index contributed by atoms with van der Waals surface area (Å²) in [5, 5.41) is 1.52. The Balaban J connectivity index is 2.45. The summed E-state index contributed by atoms with van der Waals surface area (Å²) in [5.41, 5.74) is 0.415. The number of ketones is 1. The van der Waals surface area contributed by atoms with Crippen LogP contribution in [0.5, 0.6) is 0 Å². The molecule has 16 heavy (non-hydrogen) atoms. The Labute approximate surface area is 107 Å². The molecule has 2 nitrogen and oxygen atoms in total. The van der Waals surface area contributed by atoms with Gasteiger partial charge < -0.3 is 0 Å². The van der Waals surface area contributed by atoms with E-state index < -0.39 is 0 Å². The molecule has 0 N–H and O–H groups in total. The fourth-order valence-corrected chi connectivity index (χ4v) is 2.40. The van der Waals surface area contributed by atoms with Crippen molar-refractivity contribution in [3.8, 4) is 0 Å². The van der Waals surface area contributed by atoms with Crippen LogP contribution in [0.3, 0.4) is 0 Å². The first kappa shape index (κ1) is 11.6. The molecule has 0 unspecified atom stereocenters. The van der Waals surface area contributed by atoms with Gasteiger partial charge in [-0.25, -0.2) is 4.98 Å². The molecule has 0 spiro atoms. The molecular weight excluding hydrogens is 265 g/mol. The largest absolute Gasteiger partial charge is 0.288 e. The number of aryl methyl sites for hydroxylation is 1. The molecule has 0 radical (unpaired) electrons. The van der Waals surface area contributed by atoms with E-state index in [4.69, 9.17) is 23.2 Å². The van der Waals surface area contributed by atoms with Gasteiger partial charge in [0.15, 0.2) is 0 Å². The minimum atomic E-state index is -0.141. The average molecular weight is 272 g/mol. The van der Waals surface area contributed by atoms with Crippen molar-refractivity contribution in [1.29, 1.82) is 0 Å². The van der Waals surface area contributed by atoms with E-state index in [2.05, 4.69) is 4.98 Å². The predicted molar refractivity (Wildman–Crippen MR) is 66.7 cm³/mol. The molecule has 0 saturated heterocycles. The fourth-order valence-electron chi connectivity index (χ4n) is 1.28. The van der Waals surface area contributed by atoms with Crippen LogP contribution in [0.25, 0.3) is 0 Å². The molecule has 0 bridgehead atoms. The van der Waals surface area contributed by atoms with Crippen LogP contribution in [0.15, 0.2) is 24.4 Å². The molecule has 1 aromatic heterocycles. The summed E-state index contributed by atoms with van der Waals surface area (Å²) in [6, 6.07) is 5.01. The summed E-state index contributed by atoms with van der Waals surface area (Å²) < 4.78 is 0. The van der Waals surface area contributed by atoms with E-state index in [9.17, 15) is 4.79 Å². The van der Waals surface area contributed by atoms with Crippen LogP contribution >= 0.6 is 34.5 Å². The number of nitrogens with zero attached hydrogens (tertiary/aromatic N) is 1. The molecular formula is C11H7Cl2NOS. The van der Waals surface area contributed by atoms with Crippen LogP contribution in [0, 0.1) is 6.92 Å². The molecule has 0 aliphatic carbocycles. The SMILES string of the molecule is Cc1ncc(C(=O)c2cccc(Cl)c2Cl)s1. The highest BCUT2D eigenvalue weighted by atomic mass is 35.5. The van der Waals surface area contributed by atoms with Gasteiger partial charge in [-0.2, -0.15) is 0 Å². The summed E-state index contributed by atoms with van der Waals surface area (Å²) in [7, 11) is 0. The van der Waals surface area contributed by atoms with Crippen molar-refractivity contribution in [3.63, 3.8) is 0 Å². The van der Waals surface area contributed by atoms with Gasteiger partial charge in [-0.15, -0.1) is 11.3 Å². The maximum atomic E-state index is 12.1. The third-order valence-electron chi connectivity index (χ3n) is 2.04. The highest BCUT2D eigenvalue weighted by Crippen LogP contribution is 2.28. The van der Waals surface area contributed by atoms with Crippen LogP contribution in [0.1, 0.15) is 20.2 Å². The zero-order valence-corrected chi connectivity index (χ0v) is 10.7. The smallest absolute Gasteiger partial charge is 0.206 e. The van der Waals surface area contributed by atoms with E-state index in [1.807, 2.05) is 6.92 Å². The normalized spacial score (nSPS) is 10.4. The lowest BCUT2D eigenvalue weighted by Crippen LogP contribution is -1.99. The highest BCUT2D eigenvalue weighted by molar-refractivity contribution is 7.13. The molecule has 82 valence electrons. The van der Waals surface area contributed by atoms with E-state index in [0.717, 1.165) is 5.01 Å². The van der Waals surface area contributed by atoms with Gasteiger partial charge in [0.2, 0.25) is 5.78 Å². The molecule has 0 atom stereocenters. The molecule has 0 fully saturated rings. The Morgan fingerprint density at radius 3 is 2.75 bits per heavy atom. The standard InChI is InChI=1S/C11H7Cl2NOS/c1-6-14-5-9(16-6)11(15)7-3-2-4-8(12)10(7)13/h2-5H,1H3. The Bertz CT molecular complexity index is 551. The second-order valence-corrected chi connectivity index (χ2v) is 5.19. The molecule has 0 saturated carbocycles. The fraction of sp³-hybridized carbons (Fsp3) is 0.0909. The van der Waals surface area contributed by atoms with Gasteiger partial charge >= 0.3 is 0 Å². The van der Waals surface area contributed by atoms with Crippen molar-refractivity contribution in [2.24, 2.45) is 0 Å². The minimum Gasteiger partial charge on any atom is -0.288 e. The van der Waals surface area contributed by atoms with E-state index in [1.54, 1.807) is 24.4 Å². The third-order valence-corrected chi connectivity index (χ3v) is 3.77. The zero-order chi connectivity index (χ0) is 11.7. The number of aromatic nitrogens is 1. The zero-order valence-electron chi connectivity index (χ0n) is 8.33. The number of benzene rings is 1. The number of hydrogen-bond donors (Lipinski definition) is 0. The Morgan fingerprint density at radius 2 is 2.12 bits per heavy atom. The summed E-state index contributed by atoms with van der Waals surface area (Å²) >= 11 is 13.2. The Morgan fingerprint density at radius 1 is 1.38 bits per heavy atom. The molecule has 5 heteroatoms. The van der Waals surface area contributed by atoms with Gasteiger partial charge in [-0.1, -0.05) is 29.3 Å². The quantitative estimate of drug-likeness (QED) is 0.774. The monoisotopic (exact) mass is 271 g/mol. The average Bonchev–Trinajstić information content (AvgIpc) is 2.68. The van der Waals surface area contributed by atoms with Crippen LogP contribution in [-0.4, -0.2) is 10.8 Å². The van der Waals surface area contributed by atoms with Gasteiger partial charge in [0.05, 0.1) is 19.9 Å². The van der Waals surface area contributed by atoms with Crippen LogP contribution in [-0.2, 0) is 0 Å². The van der Waals surface area contributed by atoms with Crippen molar-refractivity contribution in [1.82, 2.24) is 4.98 Å². The molecule has 0 aliphatic rings. The van der Waals surface area contributed by atoms with Crippen molar-refractivity contribution in [2.75, 3.05) is 0 Å². The van der Waals surface area contributed by atoms with E-state index >= 15 is 0 Å². The maximum Gasteiger partial charge on any atom is 0.206 e. The number of halogens is 2. The van der Waals surface area contributed by atoms with Gasteiger partial charge in [-0.3, -0.25) is 4.79 Å². The van der Waals surface area contributed by atoms with Crippen molar-refractivity contribution in [2.45, 2.75) is 6.92 Å². The van der Waals surface area contributed by atoms with Gasteiger partial charge in [0.1, 0.15) is 0 Å². The number of rotatable bonds is 2. The highest BCUT2D eigenvalue weighted by Gasteiger charge is 2.16. The first-order valence-electron chi connectivity index (χ1n) is 4.50. The molecule has 0 amide bonds. The molecule has 0 aliphatic heterocycles. The van der Waals surface area contributed by atoms with Crippen molar-refractivity contribution < 1.29 is 4.79 Å². The number of thiazole rings is 1. The van der Waals surface area contributed by atoms with E-state index in [-0.39, 0.29) is 5.78 Å². The topological polar surface area (TPSA) is 30.0 Å². The van der Waals surface area contributed by atoms with Crippen molar-refractivity contribution >= 4 is 40.3 Å². The molecule has 2 aromatic rings. The second-order valence-electron chi connectivity index (χ2n) is 3.17. The van der Waals surface area contributed by atoms with Crippen LogP contribution < -0.4 is 0 Å². The third kappa shape index (κ3) is 2.12. The van der Waals surface area contributed by atoms with Gasteiger partial charge in [0.25, 0.3) is 0 Å². The summed E-state index contributed by atoms with van der Waals surface area (Å²) in [6.07, 6.45) is 1.56. The van der Waals surface area contributed by atoms with Crippen molar-refractivity contribution in [3.05, 3.63) is 49.9 Å². The lowest BCUT2D eigenvalue weighted by atomic mass is 10.1.